The van der Waals surface area contributed by atoms with E-state index in [-0.39, 0.29) is 0 Å². The summed E-state index contributed by atoms with van der Waals surface area (Å²) in [7, 11) is 0. The highest BCUT2D eigenvalue weighted by molar-refractivity contribution is 5.63. The third kappa shape index (κ3) is 1.58. The molecule has 2 heterocycles. The van der Waals surface area contributed by atoms with E-state index in [1.165, 1.54) is 5.56 Å². The van der Waals surface area contributed by atoms with Crippen molar-refractivity contribution in [3.8, 4) is 0 Å². The Morgan fingerprint density at radius 3 is 2.53 bits per heavy atom. The van der Waals surface area contributed by atoms with Crippen LogP contribution in [-0.2, 0) is 0 Å². The van der Waals surface area contributed by atoms with E-state index >= 15 is 0 Å². The Kier molecular flexibility index (Phi) is 2.38. The van der Waals surface area contributed by atoms with Crippen molar-refractivity contribution >= 4 is 11.3 Å². The van der Waals surface area contributed by atoms with E-state index in [0.717, 1.165) is 16.5 Å². The standard InChI is InChI=1S/C11H16N4/c1-8(2)9-4-3-7-14-10(9)5-6-11(14)15(12)13/h3-8H,12-13H2,1-2H3. The molecule has 2 aromatic heterocycles. The third-order valence-electron chi connectivity index (χ3n) is 2.59. The van der Waals surface area contributed by atoms with Gasteiger partial charge in [0, 0.05) is 6.20 Å². The van der Waals surface area contributed by atoms with Crippen molar-refractivity contribution in [3.05, 3.63) is 36.0 Å². The Bertz CT molecular complexity index is 470. The third-order valence-corrected chi connectivity index (χ3v) is 2.59. The summed E-state index contributed by atoms with van der Waals surface area (Å²) in [4.78, 5) is 0. The zero-order valence-electron chi connectivity index (χ0n) is 9.01. The first-order chi connectivity index (χ1) is 7.11. The zero-order valence-corrected chi connectivity index (χ0v) is 9.01. The first-order valence-corrected chi connectivity index (χ1v) is 5.00. The molecule has 0 aliphatic heterocycles. The molecular formula is C11H16N4. The van der Waals surface area contributed by atoms with Crippen molar-refractivity contribution in [2.24, 2.45) is 11.7 Å². The number of aromatic nitrogens is 1. The summed E-state index contributed by atoms with van der Waals surface area (Å²) < 4.78 is 2.00. The van der Waals surface area contributed by atoms with Gasteiger partial charge in [-0.1, -0.05) is 19.9 Å². The van der Waals surface area contributed by atoms with E-state index in [9.17, 15) is 0 Å². The monoisotopic (exact) mass is 204 g/mol. The molecule has 0 spiro atoms. The molecule has 0 unspecified atom stereocenters. The van der Waals surface area contributed by atoms with Crippen LogP contribution in [0.1, 0.15) is 25.3 Å². The molecule has 0 saturated carbocycles. The molecule has 0 fully saturated rings. The number of hydrogen-bond acceptors (Lipinski definition) is 3. The highest BCUT2D eigenvalue weighted by Crippen LogP contribution is 2.24. The molecule has 0 atom stereocenters. The molecule has 0 aliphatic rings. The van der Waals surface area contributed by atoms with E-state index in [0.29, 0.717) is 5.92 Å². The second-order valence-corrected chi connectivity index (χ2v) is 3.97. The number of hydrogen-bond donors (Lipinski definition) is 2. The summed E-state index contributed by atoms with van der Waals surface area (Å²) in [5, 5.41) is 1.14. The largest absolute Gasteiger partial charge is 0.301 e. The number of nitrogens with two attached hydrogens (primary N) is 2. The van der Waals surface area contributed by atoms with Crippen LogP contribution in [0.5, 0.6) is 0 Å². The van der Waals surface area contributed by atoms with Gasteiger partial charge in [0.15, 0.2) is 0 Å². The molecule has 0 radical (unpaired) electrons. The van der Waals surface area contributed by atoms with Gasteiger partial charge >= 0.3 is 0 Å². The molecule has 0 bridgehead atoms. The Labute approximate surface area is 89.0 Å². The SMILES string of the molecule is CC(C)c1cccn2c(N(N)N)ccc12. The van der Waals surface area contributed by atoms with Crippen LogP contribution in [0.25, 0.3) is 5.52 Å². The Hall–Kier alpha value is -1.52. The molecule has 2 rings (SSSR count). The first-order valence-electron chi connectivity index (χ1n) is 5.00. The molecule has 0 aromatic carbocycles. The lowest BCUT2D eigenvalue weighted by molar-refractivity contribution is 0.855. The van der Waals surface area contributed by atoms with Gasteiger partial charge in [-0.15, -0.1) is 0 Å². The van der Waals surface area contributed by atoms with Gasteiger partial charge < -0.3 is 4.40 Å². The van der Waals surface area contributed by atoms with Gasteiger partial charge in [-0.3, -0.25) is 0 Å². The van der Waals surface area contributed by atoms with Gasteiger partial charge in [0.2, 0.25) is 0 Å². The quantitative estimate of drug-likeness (QED) is 0.577. The minimum Gasteiger partial charge on any atom is -0.301 e. The predicted molar refractivity (Wildman–Crippen MR) is 62.3 cm³/mol. The van der Waals surface area contributed by atoms with Crippen molar-refractivity contribution in [1.82, 2.24) is 4.40 Å². The number of hydrazine groups is 2. The van der Waals surface area contributed by atoms with Crippen LogP contribution >= 0.6 is 0 Å². The average molecular weight is 204 g/mol. The topological polar surface area (TPSA) is 59.7 Å². The molecular weight excluding hydrogens is 188 g/mol. The summed E-state index contributed by atoms with van der Waals surface area (Å²) in [6.45, 7) is 4.34. The first kappa shape index (κ1) is 10.0. The summed E-state index contributed by atoms with van der Waals surface area (Å²) in [6.07, 6.45) is 1.96. The van der Waals surface area contributed by atoms with E-state index in [4.69, 9.17) is 11.7 Å². The van der Waals surface area contributed by atoms with Crippen molar-refractivity contribution in [2.75, 3.05) is 5.12 Å². The molecule has 4 nitrogen and oxygen atoms in total. The number of pyridine rings is 1. The zero-order chi connectivity index (χ0) is 11.0. The molecule has 0 saturated heterocycles. The molecule has 2 aromatic rings. The maximum atomic E-state index is 5.54. The Morgan fingerprint density at radius 2 is 1.93 bits per heavy atom. The lowest BCUT2D eigenvalue weighted by atomic mass is 10.0. The highest BCUT2D eigenvalue weighted by atomic mass is 15.6. The van der Waals surface area contributed by atoms with Gasteiger partial charge in [-0.25, -0.2) is 16.8 Å². The van der Waals surface area contributed by atoms with Gasteiger partial charge in [0.25, 0.3) is 0 Å². The van der Waals surface area contributed by atoms with E-state index < -0.39 is 0 Å². The lowest BCUT2D eigenvalue weighted by Crippen LogP contribution is -2.38. The highest BCUT2D eigenvalue weighted by Gasteiger charge is 2.09. The molecule has 4 N–H and O–H groups in total. The fourth-order valence-corrected chi connectivity index (χ4v) is 1.85. The lowest BCUT2D eigenvalue weighted by Gasteiger charge is -2.13. The maximum absolute atomic E-state index is 5.54. The fraction of sp³-hybridized carbons (Fsp3) is 0.273. The smallest absolute Gasteiger partial charge is 0.143 e. The van der Waals surface area contributed by atoms with Gasteiger partial charge in [0.1, 0.15) is 5.82 Å². The molecule has 0 amide bonds. The second kappa shape index (κ2) is 3.56. The minimum atomic E-state index is 0.487. The summed E-state index contributed by atoms with van der Waals surface area (Å²) in [6, 6.07) is 8.09. The summed E-state index contributed by atoms with van der Waals surface area (Å²) >= 11 is 0. The minimum absolute atomic E-state index is 0.487. The van der Waals surface area contributed by atoms with Gasteiger partial charge in [-0.05, 0) is 29.7 Å². The summed E-state index contributed by atoms with van der Waals surface area (Å²) in [5.74, 6) is 12.4. The molecule has 4 heteroatoms. The number of rotatable bonds is 2. The van der Waals surface area contributed by atoms with E-state index in [1.807, 2.05) is 28.8 Å². The Balaban J connectivity index is 2.69. The van der Waals surface area contributed by atoms with Crippen LogP contribution in [0.2, 0.25) is 0 Å². The Morgan fingerprint density at radius 1 is 1.20 bits per heavy atom. The van der Waals surface area contributed by atoms with E-state index in [2.05, 4.69) is 19.9 Å². The van der Waals surface area contributed by atoms with Crippen molar-refractivity contribution < 1.29 is 0 Å². The van der Waals surface area contributed by atoms with Gasteiger partial charge in [0.05, 0.1) is 5.52 Å². The average Bonchev–Trinajstić information content (AvgIpc) is 2.59. The van der Waals surface area contributed by atoms with Crippen LogP contribution in [0.3, 0.4) is 0 Å². The number of fused-ring (bicyclic) bond motifs is 1. The second-order valence-electron chi connectivity index (χ2n) is 3.97. The molecule has 15 heavy (non-hydrogen) atoms. The van der Waals surface area contributed by atoms with E-state index in [1.54, 1.807) is 0 Å². The van der Waals surface area contributed by atoms with Crippen LogP contribution < -0.4 is 16.8 Å². The molecule has 0 aliphatic carbocycles. The van der Waals surface area contributed by atoms with Crippen LogP contribution in [0, 0.1) is 0 Å². The van der Waals surface area contributed by atoms with Crippen LogP contribution in [0.4, 0.5) is 5.82 Å². The normalized spacial score (nSPS) is 11.3. The maximum Gasteiger partial charge on any atom is 0.143 e. The number of nitrogens with zero attached hydrogens (tertiary/aromatic N) is 2. The molecule has 80 valence electrons. The fourth-order valence-electron chi connectivity index (χ4n) is 1.85. The summed E-state index contributed by atoms with van der Waals surface area (Å²) in [5.41, 5.74) is 2.45. The van der Waals surface area contributed by atoms with Crippen molar-refractivity contribution in [3.63, 3.8) is 0 Å². The number of anilines is 1. The van der Waals surface area contributed by atoms with Crippen molar-refractivity contribution in [2.45, 2.75) is 19.8 Å². The van der Waals surface area contributed by atoms with Crippen LogP contribution in [0.15, 0.2) is 30.5 Å². The van der Waals surface area contributed by atoms with Crippen LogP contribution in [-0.4, -0.2) is 4.40 Å². The van der Waals surface area contributed by atoms with Gasteiger partial charge in [-0.2, -0.15) is 0 Å². The predicted octanol–water partition coefficient (Wildman–Crippen LogP) is 1.62. The van der Waals surface area contributed by atoms with Crippen molar-refractivity contribution in [1.29, 1.82) is 0 Å².